The number of likely N-dealkylation sites (tertiary alicyclic amines) is 1. The number of hydrogen-bond acceptors (Lipinski definition) is 2. The first kappa shape index (κ1) is 7.05. The fourth-order valence-corrected chi connectivity index (χ4v) is 1.11. The summed E-state index contributed by atoms with van der Waals surface area (Å²) in [7, 11) is 0. The number of rotatable bonds is 0. The van der Waals surface area contributed by atoms with Crippen LogP contribution in [0.1, 0.15) is 13.3 Å². The predicted octanol–water partition coefficient (Wildman–Crippen LogP) is 0.328. The van der Waals surface area contributed by atoms with Crippen LogP contribution in [0.25, 0.3) is 0 Å². The molecule has 1 rings (SSSR count). The van der Waals surface area contributed by atoms with Crippen molar-refractivity contribution in [2.75, 3.05) is 6.54 Å². The highest BCUT2D eigenvalue weighted by molar-refractivity contribution is 5.87. The van der Waals surface area contributed by atoms with E-state index in [0.717, 1.165) is 4.90 Å². The van der Waals surface area contributed by atoms with E-state index in [1.54, 1.807) is 6.92 Å². The number of ketones is 1. The van der Waals surface area contributed by atoms with Gasteiger partial charge in [0.1, 0.15) is 0 Å². The highest BCUT2D eigenvalue weighted by atomic mass is 16.4. The SMILES string of the molecule is C[C@H]1CC(=O)CN1C(=O)O. The summed E-state index contributed by atoms with van der Waals surface area (Å²) < 4.78 is 0. The highest BCUT2D eigenvalue weighted by Gasteiger charge is 2.30. The van der Waals surface area contributed by atoms with Gasteiger partial charge >= 0.3 is 6.09 Å². The summed E-state index contributed by atoms with van der Waals surface area (Å²) in [5.41, 5.74) is 0. The van der Waals surface area contributed by atoms with E-state index in [2.05, 4.69) is 0 Å². The van der Waals surface area contributed by atoms with Crippen molar-refractivity contribution in [2.24, 2.45) is 0 Å². The van der Waals surface area contributed by atoms with Crippen molar-refractivity contribution in [1.29, 1.82) is 0 Å². The van der Waals surface area contributed by atoms with Gasteiger partial charge in [-0.25, -0.2) is 4.79 Å². The predicted molar refractivity (Wildman–Crippen MR) is 33.8 cm³/mol. The highest BCUT2D eigenvalue weighted by Crippen LogP contribution is 2.12. The Morgan fingerprint density at radius 2 is 2.40 bits per heavy atom. The summed E-state index contributed by atoms with van der Waals surface area (Å²) in [5.74, 6) is 0.00917. The lowest BCUT2D eigenvalue weighted by Crippen LogP contribution is -2.32. The number of nitrogens with zero attached hydrogens (tertiary/aromatic N) is 1. The van der Waals surface area contributed by atoms with E-state index < -0.39 is 6.09 Å². The smallest absolute Gasteiger partial charge is 0.407 e. The summed E-state index contributed by atoms with van der Waals surface area (Å²) in [4.78, 5) is 22.1. The largest absolute Gasteiger partial charge is 0.465 e. The summed E-state index contributed by atoms with van der Waals surface area (Å²) in [6.45, 7) is 1.80. The van der Waals surface area contributed by atoms with Gasteiger partial charge in [0.15, 0.2) is 5.78 Å². The van der Waals surface area contributed by atoms with Gasteiger partial charge in [0, 0.05) is 12.5 Å². The van der Waals surface area contributed by atoms with Crippen LogP contribution in [0.2, 0.25) is 0 Å². The van der Waals surface area contributed by atoms with Crippen molar-refractivity contribution in [2.45, 2.75) is 19.4 Å². The Labute approximate surface area is 58.4 Å². The molecule has 1 amide bonds. The average Bonchev–Trinajstić information content (AvgIpc) is 2.10. The van der Waals surface area contributed by atoms with Gasteiger partial charge in [-0.15, -0.1) is 0 Å². The molecule has 0 spiro atoms. The molecule has 1 heterocycles. The summed E-state index contributed by atoms with van der Waals surface area (Å²) in [6, 6.07) is -0.134. The van der Waals surface area contributed by atoms with E-state index in [4.69, 9.17) is 5.11 Å². The molecule has 0 saturated carbocycles. The van der Waals surface area contributed by atoms with Crippen molar-refractivity contribution >= 4 is 11.9 Å². The average molecular weight is 143 g/mol. The van der Waals surface area contributed by atoms with Gasteiger partial charge in [-0.1, -0.05) is 0 Å². The number of amides is 1. The minimum Gasteiger partial charge on any atom is -0.465 e. The molecule has 0 aliphatic carbocycles. The molecule has 10 heavy (non-hydrogen) atoms. The maximum absolute atomic E-state index is 10.7. The van der Waals surface area contributed by atoms with Crippen LogP contribution in [0, 0.1) is 0 Å². The minimum absolute atomic E-state index is 0.00917. The molecule has 56 valence electrons. The van der Waals surface area contributed by atoms with Gasteiger partial charge in [-0.3, -0.25) is 9.69 Å². The maximum atomic E-state index is 10.7. The molecule has 1 aliphatic rings. The van der Waals surface area contributed by atoms with Gasteiger partial charge in [-0.05, 0) is 6.92 Å². The van der Waals surface area contributed by atoms with Crippen LogP contribution >= 0.6 is 0 Å². The quantitative estimate of drug-likeness (QED) is 0.531. The lowest BCUT2D eigenvalue weighted by molar-refractivity contribution is -0.116. The molecule has 0 radical (unpaired) electrons. The van der Waals surface area contributed by atoms with E-state index in [9.17, 15) is 9.59 Å². The van der Waals surface area contributed by atoms with E-state index in [0.29, 0.717) is 6.42 Å². The molecule has 0 bridgehead atoms. The first-order chi connectivity index (χ1) is 4.61. The van der Waals surface area contributed by atoms with Crippen LogP contribution in [0.3, 0.4) is 0 Å². The fourth-order valence-electron chi connectivity index (χ4n) is 1.11. The van der Waals surface area contributed by atoms with Gasteiger partial charge < -0.3 is 5.11 Å². The molecule has 0 aromatic carbocycles. The fraction of sp³-hybridized carbons (Fsp3) is 0.667. The molecule has 1 atom stereocenters. The summed E-state index contributed by atoms with van der Waals surface area (Å²) in [6.07, 6.45) is -0.634. The number of Topliss-reactive ketones (excluding diaryl/α,β-unsaturated/α-hetero) is 1. The number of carbonyl (C=O) groups is 2. The Kier molecular flexibility index (Phi) is 1.61. The Balaban J connectivity index is 2.63. The maximum Gasteiger partial charge on any atom is 0.407 e. The van der Waals surface area contributed by atoms with Crippen LogP contribution in [0.15, 0.2) is 0 Å². The molecule has 1 saturated heterocycles. The molecular formula is C6H9NO3. The summed E-state index contributed by atoms with van der Waals surface area (Å²) >= 11 is 0. The van der Waals surface area contributed by atoms with Crippen molar-refractivity contribution in [3.05, 3.63) is 0 Å². The number of hydrogen-bond donors (Lipinski definition) is 1. The molecule has 0 aromatic rings. The number of carbonyl (C=O) groups excluding carboxylic acids is 1. The van der Waals surface area contributed by atoms with Gasteiger partial charge in [0.2, 0.25) is 0 Å². The molecule has 1 fully saturated rings. The Morgan fingerprint density at radius 3 is 2.60 bits per heavy atom. The zero-order valence-corrected chi connectivity index (χ0v) is 5.70. The van der Waals surface area contributed by atoms with Crippen LogP contribution in [0.5, 0.6) is 0 Å². The van der Waals surface area contributed by atoms with E-state index in [-0.39, 0.29) is 18.4 Å². The normalized spacial score (nSPS) is 25.5. The third kappa shape index (κ3) is 1.10. The first-order valence-corrected chi connectivity index (χ1v) is 3.12. The Hall–Kier alpha value is -1.06. The minimum atomic E-state index is -1.00. The summed E-state index contributed by atoms with van der Waals surface area (Å²) in [5, 5.41) is 8.48. The van der Waals surface area contributed by atoms with E-state index in [1.807, 2.05) is 0 Å². The van der Waals surface area contributed by atoms with Crippen LogP contribution in [0.4, 0.5) is 4.79 Å². The first-order valence-electron chi connectivity index (χ1n) is 3.12. The van der Waals surface area contributed by atoms with Gasteiger partial charge in [0.25, 0.3) is 0 Å². The lowest BCUT2D eigenvalue weighted by Gasteiger charge is -2.14. The molecule has 0 aromatic heterocycles. The van der Waals surface area contributed by atoms with Gasteiger partial charge in [-0.2, -0.15) is 0 Å². The second kappa shape index (κ2) is 2.28. The number of carboxylic acid groups (broad SMARTS) is 1. The van der Waals surface area contributed by atoms with Crippen LogP contribution in [-0.4, -0.2) is 34.5 Å². The zero-order chi connectivity index (χ0) is 7.72. The third-order valence-corrected chi connectivity index (χ3v) is 1.65. The van der Waals surface area contributed by atoms with Gasteiger partial charge in [0.05, 0.1) is 6.54 Å². The van der Waals surface area contributed by atoms with Crippen molar-refractivity contribution in [1.82, 2.24) is 4.90 Å². The van der Waals surface area contributed by atoms with Crippen LogP contribution in [-0.2, 0) is 4.79 Å². The lowest BCUT2D eigenvalue weighted by atomic mass is 10.2. The second-order valence-electron chi connectivity index (χ2n) is 2.50. The standard InChI is InChI=1S/C6H9NO3/c1-4-2-5(8)3-7(4)6(9)10/h4H,2-3H2,1H3,(H,9,10)/t4-/m0/s1. The van der Waals surface area contributed by atoms with Crippen LogP contribution < -0.4 is 0 Å². The molecule has 4 nitrogen and oxygen atoms in total. The molecule has 1 aliphatic heterocycles. The second-order valence-corrected chi connectivity index (χ2v) is 2.50. The molecule has 4 heteroatoms. The topological polar surface area (TPSA) is 57.6 Å². The Morgan fingerprint density at radius 1 is 1.80 bits per heavy atom. The Bertz CT molecular complexity index is 178. The molecule has 1 N–H and O–H groups in total. The van der Waals surface area contributed by atoms with Crippen molar-refractivity contribution < 1.29 is 14.7 Å². The van der Waals surface area contributed by atoms with Crippen molar-refractivity contribution in [3.63, 3.8) is 0 Å². The monoisotopic (exact) mass is 143 g/mol. The van der Waals surface area contributed by atoms with E-state index in [1.165, 1.54) is 0 Å². The van der Waals surface area contributed by atoms with Crippen molar-refractivity contribution in [3.8, 4) is 0 Å². The molecular weight excluding hydrogens is 134 g/mol. The van der Waals surface area contributed by atoms with E-state index >= 15 is 0 Å². The zero-order valence-electron chi connectivity index (χ0n) is 5.70. The molecule has 0 unspecified atom stereocenters. The third-order valence-electron chi connectivity index (χ3n) is 1.65.